The predicted molar refractivity (Wildman–Crippen MR) is 101 cm³/mol. The minimum absolute atomic E-state index is 0.244. The summed E-state index contributed by atoms with van der Waals surface area (Å²) in [6.07, 6.45) is 0.795. The number of benzene rings is 2. The van der Waals surface area contributed by atoms with Gasteiger partial charge in [0, 0.05) is 17.5 Å². The predicted octanol–water partition coefficient (Wildman–Crippen LogP) is 4.18. The lowest BCUT2D eigenvalue weighted by molar-refractivity contribution is 0.252. The van der Waals surface area contributed by atoms with Crippen LogP contribution in [0.4, 0.5) is 9.93 Å². The fraction of sp³-hybridized carbons (Fsp3) is 0.158. The van der Waals surface area contributed by atoms with Crippen LogP contribution in [0.25, 0.3) is 11.3 Å². The van der Waals surface area contributed by atoms with Crippen molar-refractivity contribution in [2.45, 2.75) is 6.42 Å². The van der Waals surface area contributed by atoms with Gasteiger partial charge in [0.2, 0.25) is 0 Å². The molecule has 0 saturated heterocycles. The van der Waals surface area contributed by atoms with E-state index in [1.54, 1.807) is 7.11 Å². The van der Waals surface area contributed by atoms with Gasteiger partial charge in [0.25, 0.3) is 0 Å². The molecule has 2 amide bonds. The van der Waals surface area contributed by atoms with Crippen LogP contribution in [0.3, 0.4) is 0 Å². The summed E-state index contributed by atoms with van der Waals surface area (Å²) in [7, 11) is 1.64. The van der Waals surface area contributed by atoms with Crippen LogP contribution in [-0.4, -0.2) is 24.7 Å². The maximum absolute atomic E-state index is 12.0. The van der Waals surface area contributed by atoms with E-state index in [1.165, 1.54) is 16.9 Å². The van der Waals surface area contributed by atoms with Crippen molar-refractivity contribution in [1.82, 2.24) is 10.3 Å². The molecule has 0 saturated carbocycles. The minimum Gasteiger partial charge on any atom is -0.497 e. The summed E-state index contributed by atoms with van der Waals surface area (Å²) in [5.41, 5.74) is 3.00. The van der Waals surface area contributed by atoms with Gasteiger partial charge in [-0.1, -0.05) is 30.3 Å². The van der Waals surface area contributed by atoms with Gasteiger partial charge in [-0.2, -0.15) is 0 Å². The minimum atomic E-state index is -0.244. The quantitative estimate of drug-likeness (QED) is 0.699. The number of rotatable bonds is 6. The number of hydrogen-bond donors (Lipinski definition) is 2. The summed E-state index contributed by atoms with van der Waals surface area (Å²) >= 11 is 1.40. The molecular weight excluding hydrogens is 334 g/mol. The molecule has 3 rings (SSSR count). The van der Waals surface area contributed by atoms with Crippen molar-refractivity contribution in [3.8, 4) is 17.0 Å². The Balaban J connectivity index is 1.51. The first-order valence-corrected chi connectivity index (χ1v) is 8.81. The van der Waals surface area contributed by atoms with Crippen LogP contribution in [0.5, 0.6) is 5.75 Å². The molecule has 0 atom stereocenters. The molecule has 5 nitrogen and oxygen atoms in total. The molecule has 2 aromatic carbocycles. The van der Waals surface area contributed by atoms with Gasteiger partial charge in [0.05, 0.1) is 12.8 Å². The van der Waals surface area contributed by atoms with Crippen LogP contribution in [0.15, 0.2) is 60.0 Å². The van der Waals surface area contributed by atoms with E-state index in [0.29, 0.717) is 11.7 Å². The van der Waals surface area contributed by atoms with E-state index in [4.69, 9.17) is 4.74 Å². The molecule has 25 heavy (non-hydrogen) atoms. The molecule has 3 aromatic rings. The van der Waals surface area contributed by atoms with Gasteiger partial charge in [-0.15, -0.1) is 11.3 Å². The molecule has 0 aliphatic heterocycles. The number of thiazole rings is 1. The van der Waals surface area contributed by atoms with E-state index in [1.807, 2.05) is 60.0 Å². The lowest BCUT2D eigenvalue weighted by Crippen LogP contribution is -2.30. The lowest BCUT2D eigenvalue weighted by Gasteiger charge is -2.05. The van der Waals surface area contributed by atoms with Crippen molar-refractivity contribution in [3.63, 3.8) is 0 Å². The van der Waals surface area contributed by atoms with Gasteiger partial charge in [-0.3, -0.25) is 5.32 Å². The summed E-state index contributed by atoms with van der Waals surface area (Å²) in [5.74, 6) is 0.801. The van der Waals surface area contributed by atoms with Gasteiger partial charge in [0.15, 0.2) is 5.13 Å². The number of carbonyl (C=O) groups is 1. The van der Waals surface area contributed by atoms with Crippen molar-refractivity contribution < 1.29 is 9.53 Å². The third-order valence-corrected chi connectivity index (χ3v) is 4.41. The number of hydrogen-bond acceptors (Lipinski definition) is 4. The van der Waals surface area contributed by atoms with Gasteiger partial charge in [0.1, 0.15) is 5.75 Å². The van der Waals surface area contributed by atoms with Crippen molar-refractivity contribution in [1.29, 1.82) is 0 Å². The smallest absolute Gasteiger partial charge is 0.321 e. The Morgan fingerprint density at radius 3 is 2.60 bits per heavy atom. The molecule has 0 fully saturated rings. The zero-order valence-electron chi connectivity index (χ0n) is 13.9. The summed E-state index contributed by atoms with van der Waals surface area (Å²) in [5, 5.41) is 8.11. The Labute approximate surface area is 150 Å². The molecule has 2 N–H and O–H groups in total. The average molecular weight is 353 g/mol. The number of aromatic nitrogens is 1. The highest BCUT2D eigenvalue weighted by atomic mass is 32.1. The van der Waals surface area contributed by atoms with Crippen molar-refractivity contribution in [2.24, 2.45) is 0 Å². The molecule has 1 aromatic heterocycles. The zero-order valence-corrected chi connectivity index (χ0v) is 14.7. The third-order valence-electron chi connectivity index (χ3n) is 3.65. The van der Waals surface area contributed by atoms with E-state index in [9.17, 15) is 4.79 Å². The zero-order chi connectivity index (χ0) is 17.5. The highest BCUT2D eigenvalue weighted by Gasteiger charge is 2.08. The average Bonchev–Trinajstić information content (AvgIpc) is 3.11. The Bertz CT molecular complexity index is 816. The Morgan fingerprint density at radius 2 is 1.88 bits per heavy atom. The number of nitrogens with zero attached hydrogens (tertiary/aromatic N) is 1. The highest BCUT2D eigenvalue weighted by molar-refractivity contribution is 7.14. The number of methoxy groups -OCH3 is 1. The van der Waals surface area contributed by atoms with Crippen LogP contribution in [0.2, 0.25) is 0 Å². The van der Waals surface area contributed by atoms with Crippen LogP contribution in [-0.2, 0) is 6.42 Å². The monoisotopic (exact) mass is 353 g/mol. The summed E-state index contributed by atoms with van der Waals surface area (Å²) in [6.45, 7) is 0.576. The molecule has 1 heterocycles. The summed E-state index contributed by atoms with van der Waals surface area (Å²) in [4.78, 5) is 16.4. The van der Waals surface area contributed by atoms with Crippen molar-refractivity contribution in [2.75, 3.05) is 19.0 Å². The fourth-order valence-electron chi connectivity index (χ4n) is 2.33. The Kier molecular flexibility index (Phi) is 5.64. The van der Waals surface area contributed by atoms with Crippen LogP contribution >= 0.6 is 11.3 Å². The molecule has 0 bridgehead atoms. The second-order valence-electron chi connectivity index (χ2n) is 5.38. The van der Waals surface area contributed by atoms with E-state index < -0.39 is 0 Å². The van der Waals surface area contributed by atoms with Gasteiger partial charge >= 0.3 is 6.03 Å². The number of carbonyl (C=O) groups excluding carboxylic acids is 1. The van der Waals surface area contributed by atoms with E-state index in [2.05, 4.69) is 15.6 Å². The van der Waals surface area contributed by atoms with Crippen LogP contribution < -0.4 is 15.4 Å². The van der Waals surface area contributed by atoms with E-state index in [-0.39, 0.29) is 6.03 Å². The summed E-state index contributed by atoms with van der Waals surface area (Å²) < 4.78 is 5.15. The Hall–Kier alpha value is -2.86. The van der Waals surface area contributed by atoms with Crippen molar-refractivity contribution >= 4 is 22.5 Å². The van der Waals surface area contributed by atoms with Crippen molar-refractivity contribution in [3.05, 3.63) is 65.5 Å². The second-order valence-corrected chi connectivity index (χ2v) is 6.24. The summed E-state index contributed by atoms with van der Waals surface area (Å²) in [6, 6.07) is 17.5. The maximum Gasteiger partial charge on any atom is 0.321 e. The molecule has 0 aliphatic rings. The number of anilines is 1. The Morgan fingerprint density at radius 1 is 1.12 bits per heavy atom. The highest BCUT2D eigenvalue weighted by Crippen LogP contribution is 2.26. The van der Waals surface area contributed by atoms with Gasteiger partial charge < -0.3 is 10.1 Å². The lowest BCUT2D eigenvalue weighted by atomic mass is 10.1. The SMILES string of the molecule is COc1ccc(-c2csc(NC(=O)NCCc3ccccc3)n2)cc1. The molecule has 6 heteroatoms. The van der Waals surface area contributed by atoms with E-state index in [0.717, 1.165) is 23.4 Å². The standard InChI is InChI=1S/C19H19N3O2S/c1-24-16-9-7-15(8-10-16)17-13-25-19(21-17)22-18(23)20-12-11-14-5-3-2-4-6-14/h2-10,13H,11-12H2,1H3,(H2,20,21,22,23). The first-order chi connectivity index (χ1) is 12.2. The number of urea groups is 1. The number of amides is 2. The molecule has 0 unspecified atom stereocenters. The van der Waals surface area contributed by atoms with Gasteiger partial charge in [-0.25, -0.2) is 9.78 Å². The van der Waals surface area contributed by atoms with Crippen LogP contribution in [0, 0.1) is 0 Å². The topological polar surface area (TPSA) is 63.2 Å². The van der Waals surface area contributed by atoms with E-state index >= 15 is 0 Å². The molecule has 128 valence electrons. The first kappa shape index (κ1) is 17.0. The normalized spacial score (nSPS) is 10.3. The third kappa shape index (κ3) is 4.81. The first-order valence-electron chi connectivity index (χ1n) is 7.93. The largest absolute Gasteiger partial charge is 0.497 e. The van der Waals surface area contributed by atoms with Crippen LogP contribution in [0.1, 0.15) is 5.56 Å². The fourth-order valence-corrected chi connectivity index (χ4v) is 3.05. The molecular formula is C19H19N3O2S. The number of ether oxygens (including phenoxy) is 1. The van der Waals surface area contributed by atoms with Gasteiger partial charge in [-0.05, 0) is 36.2 Å². The number of nitrogens with one attached hydrogen (secondary N) is 2. The molecule has 0 spiro atoms. The molecule has 0 radical (unpaired) electrons. The second kappa shape index (κ2) is 8.30. The molecule has 0 aliphatic carbocycles. The maximum atomic E-state index is 12.0.